The Morgan fingerprint density at radius 2 is 1.81 bits per heavy atom. The van der Waals surface area contributed by atoms with E-state index in [1.807, 2.05) is 12.1 Å². The number of methoxy groups -OCH3 is 2. The molecule has 2 fully saturated rings. The number of aliphatic hydroxyl groups excluding tert-OH is 1. The Labute approximate surface area is 219 Å². The van der Waals surface area contributed by atoms with Gasteiger partial charge in [0, 0.05) is 81.1 Å². The molecule has 0 unspecified atom stereocenters. The fraction of sp³-hybridized carbons (Fsp3) is 0.533. The van der Waals surface area contributed by atoms with Crippen LogP contribution in [-0.2, 0) is 23.7 Å². The molecule has 4 heterocycles. The van der Waals surface area contributed by atoms with E-state index in [2.05, 4.69) is 51.7 Å². The van der Waals surface area contributed by atoms with Crippen molar-refractivity contribution in [3.8, 4) is 11.5 Å². The molecule has 0 amide bonds. The molecule has 7 heteroatoms. The number of aromatic nitrogens is 1. The first kappa shape index (κ1) is 24.7. The topological polar surface area (TPSA) is 59.3 Å². The van der Waals surface area contributed by atoms with Gasteiger partial charge in [-0.1, -0.05) is 18.2 Å². The number of likely N-dealkylation sites (tertiary alicyclic amines) is 1. The second kappa shape index (κ2) is 9.95. The van der Waals surface area contributed by atoms with Crippen molar-refractivity contribution in [2.24, 2.45) is 13.0 Å². The lowest BCUT2D eigenvalue weighted by molar-refractivity contribution is -0.0267. The van der Waals surface area contributed by atoms with Gasteiger partial charge >= 0.3 is 0 Å². The monoisotopic (exact) mass is 505 g/mol. The zero-order chi connectivity index (χ0) is 25.6. The molecule has 1 atom stereocenters. The summed E-state index contributed by atoms with van der Waals surface area (Å²) in [5, 5.41) is 12.1. The number of benzene rings is 2. The lowest BCUT2D eigenvalue weighted by Gasteiger charge is -2.57. The zero-order valence-electron chi connectivity index (χ0n) is 22.3. The summed E-state index contributed by atoms with van der Waals surface area (Å²) in [4.78, 5) is 5.12. The Morgan fingerprint density at radius 3 is 2.54 bits per heavy atom. The van der Waals surface area contributed by atoms with Crippen LogP contribution in [0.1, 0.15) is 35.7 Å². The van der Waals surface area contributed by atoms with Crippen molar-refractivity contribution in [1.82, 2.24) is 14.4 Å². The second-order valence-electron chi connectivity index (χ2n) is 11.1. The molecule has 3 aromatic rings. The van der Waals surface area contributed by atoms with Gasteiger partial charge in [-0.05, 0) is 42.5 Å². The molecule has 7 nitrogen and oxygen atoms in total. The van der Waals surface area contributed by atoms with E-state index in [0.29, 0.717) is 0 Å². The van der Waals surface area contributed by atoms with Gasteiger partial charge < -0.3 is 28.8 Å². The van der Waals surface area contributed by atoms with Crippen LogP contribution >= 0.6 is 0 Å². The minimum Gasteiger partial charge on any atom is -0.497 e. The van der Waals surface area contributed by atoms with Crippen molar-refractivity contribution in [3.05, 3.63) is 59.3 Å². The van der Waals surface area contributed by atoms with Crippen LogP contribution in [0.4, 0.5) is 0 Å². The maximum absolute atomic E-state index is 10.8. The largest absolute Gasteiger partial charge is 0.497 e. The molecule has 1 N–H and O–H groups in total. The van der Waals surface area contributed by atoms with Crippen LogP contribution in [0.2, 0.25) is 0 Å². The number of rotatable bonds is 7. The molecule has 37 heavy (non-hydrogen) atoms. The van der Waals surface area contributed by atoms with Gasteiger partial charge in [-0.15, -0.1) is 0 Å². The van der Waals surface area contributed by atoms with Gasteiger partial charge in [-0.3, -0.25) is 4.90 Å². The van der Waals surface area contributed by atoms with Gasteiger partial charge in [0.1, 0.15) is 11.5 Å². The molecule has 0 saturated carbocycles. The molecular weight excluding hydrogens is 466 g/mol. The molecule has 0 radical (unpaired) electrons. The molecule has 1 spiro atoms. The van der Waals surface area contributed by atoms with Crippen LogP contribution in [0, 0.1) is 5.92 Å². The van der Waals surface area contributed by atoms with E-state index >= 15 is 0 Å². The highest BCUT2D eigenvalue weighted by Crippen LogP contribution is 2.50. The van der Waals surface area contributed by atoms with Crippen LogP contribution in [0.3, 0.4) is 0 Å². The number of hydrogen-bond donors (Lipinski definition) is 1. The number of hydrogen-bond acceptors (Lipinski definition) is 6. The first-order valence-corrected chi connectivity index (χ1v) is 13.5. The van der Waals surface area contributed by atoms with Crippen molar-refractivity contribution in [2.75, 3.05) is 60.2 Å². The highest BCUT2D eigenvalue weighted by Gasteiger charge is 2.53. The van der Waals surface area contributed by atoms with Gasteiger partial charge in [0.25, 0.3) is 0 Å². The molecule has 2 aromatic carbocycles. The molecule has 2 saturated heterocycles. The number of aliphatic hydroxyl groups is 1. The maximum Gasteiger partial charge on any atom is 0.123 e. The molecule has 3 aliphatic heterocycles. The third kappa shape index (κ3) is 4.22. The molecular formula is C30H39N3O4. The van der Waals surface area contributed by atoms with Crippen LogP contribution in [0.5, 0.6) is 11.5 Å². The highest BCUT2D eigenvalue weighted by atomic mass is 16.5. The summed E-state index contributed by atoms with van der Waals surface area (Å²) in [6.45, 7) is 6.75. The standard InChI is InChI=1S/C30H39N3O4/c1-31-25-14-23(35-2)8-9-24(25)28-29(31)26(17-34)33(16-22-6-4-5-7-27(22)36-3)20-30(28)18-32(19-30)15-21-10-12-37-13-11-21/h4-9,14,21,26,34H,10-13,15-20H2,1-3H3/t26-/m1/s1. The molecule has 198 valence electrons. The number of fused-ring (bicyclic) bond motifs is 4. The SMILES string of the molecule is COc1ccc2c3c(n(C)c2c1)[C@@H](CO)N(Cc1ccccc1OC)CC31CN(CC2CCOCC2)C1. The van der Waals surface area contributed by atoms with E-state index in [-0.39, 0.29) is 18.1 Å². The summed E-state index contributed by atoms with van der Waals surface area (Å²) in [5.41, 5.74) is 5.01. The fourth-order valence-corrected chi connectivity index (χ4v) is 7.17. The Balaban J connectivity index is 1.40. The van der Waals surface area contributed by atoms with E-state index < -0.39 is 0 Å². The van der Waals surface area contributed by atoms with Gasteiger partial charge in [0.15, 0.2) is 0 Å². The van der Waals surface area contributed by atoms with Crippen molar-refractivity contribution in [3.63, 3.8) is 0 Å². The minimum atomic E-state index is -0.0847. The summed E-state index contributed by atoms with van der Waals surface area (Å²) in [6, 6.07) is 14.6. The first-order valence-electron chi connectivity index (χ1n) is 13.5. The Kier molecular flexibility index (Phi) is 6.65. The third-order valence-electron chi connectivity index (χ3n) is 8.89. The maximum atomic E-state index is 10.8. The summed E-state index contributed by atoms with van der Waals surface area (Å²) in [6.07, 6.45) is 2.32. The van der Waals surface area contributed by atoms with Crippen LogP contribution < -0.4 is 9.47 Å². The van der Waals surface area contributed by atoms with Crippen molar-refractivity contribution < 1.29 is 19.3 Å². The van der Waals surface area contributed by atoms with Crippen LogP contribution in [-0.4, -0.2) is 79.7 Å². The van der Waals surface area contributed by atoms with Gasteiger partial charge in [0.05, 0.1) is 32.4 Å². The number of ether oxygens (including phenoxy) is 3. The van der Waals surface area contributed by atoms with E-state index in [1.54, 1.807) is 14.2 Å². The molecule has 0 bridgehead atoms. The molecule has 0 aliphatic carbocycles. The molecule has 1 aromatic heterocycles. The average Bonchev–Trinajstić information content (AvgIpc) is 3.21. The number of nitrogens with zero attached hydrogens (tertiary/aromatic N) is 3. The van der Waals surface area contributed by atoms with Gasteiger partial charge in [-0.25, -0.2) is 0 Å². The molecule has 6 rings (SSSR count). The van der Waals surface area contributed by atoms with E-state index in [1.165, 1.54) is 22.2 Å². The summed E-state index contributed by atoms with van der Waals surface area (Å²) in [7, 11) is 5.59. The van der Waals surface area contributed by atoms with Gasteiger partial charge in [-0.2, -0.15) is 0 Å². The Hall–Kier alpha value is -2.58. The van der Waals surface area contributed by atoms with Crippen LogP contribution in [0.15, 0.2) is 42.5 Å². The zero-order valence-corrected chi connectivity index (χ0v) is 22.3. The fourth-order valence-electron chi connectivity index (χ4n) is 7.17. The first-order chi connectivity index (χ1) is 18.1. The summed E-state index contributed by atoms with van der Waals surface area (Å²) < 4.78 is 19.2. The Bertz CT molecular complexity index is 1260. The van der Waals surface area contributed by atoms with E-state index in [4.69, 9.17) is 14.2 Å². The van der Waals surface area contributed by atoms with Gasteiger partial charge in [0.2, 0.25) is 0 Å². The lowest BCUT2D eigenvalue weighted by atomic mass is 9.68. The summed E-state index contributed by atoms with van der Waals surface area (Å²) >= 11 is 0. The Morgan fingerprint density at radius 1 is 1.03 bits per heavy atom. The highest BCUT2D eigenvalue weighted by molar-refractivity contribution is 5.89. The lowest BCUT2D eigenvalue weighted by Crippen LogP contribution is -2.67. The normalized spacial score (nSPS) is 22.2. The van der Waals surface area contributed by atoms with Crippen molar-refractivity contribution in [1.29, 1.82) is 0 Å². The van der Waals surface area contributed by atoms with Crippen molar-refractivity contribution in [2.45, 2.75) is 30.8 Å². The molecule has 3 aliphatic rings. The second-order valence-corrected chi connectivity index (χ2v) is 11.1. The predicted molar refractivity (Wildman–Crippen MR) is 144 cm³/mol. The van der Waals surface area contributed by atoms with E-state index in [9.17, 15) is 5.11 Å². The smallest absolute Gasteiger partial charge is 0.123 e. The summed E-state index contributed by atoms with van der Waals surface area (Å²) in [5.74, 6) is 2.48. The van der Waals surface area contributed by atoms with E-state index in [0.717, 1.165) is 81.8 Å². The quantitative estimate of drug-likeness (QED) is 0.528. The van der Waals surface area contributed by atoms with Crippen LogP contribution in [0.25, 0.3) is 10.9 Å². The number of aryl methyl sites for hydroxylation is 1. The average molecular weight is 506 g/mol. The number of para-hydroxylation sites is 1. The minimum absolute atomic E-state index is 0.0300. The predicted octanol–water partition coefficient (Wildman–Crippen LogP) is 3.72. The third-order valence-corrected chi connectivity index (χ3v) is 8.89. The van der Waals surface area contributed by atoms with Crippen molar-refractivity contribution >= 4 is 10.9 Å².